The third-order valence-electron chi connectivity index (χ3n) is 2.43. The normalized spacial score (nSPS) is 10.8. The van der Waals surface area contributed by atoms with Crippen molar-refractivity contribution < 1.29 is 0 Å². The highest BCUT2D eigenvalue weighted by atomic mass is 79.9. The van der Waals surface area contributed by atoms with Gasteiger partial charge in [0.25, 0.3) is 0 Å². The lowest BCUT2D eigenvalue weighted by Gasteiger charge is -1.98. The minimum atomic E-state index is 0.792. The molecule has 0 unspecified atom stereocenters. The van der Waals surface area contributed by atoms with Gasteiger partial charge in [0, 0.05) is 15.4 Å². The van der Waals surface area contributed by atoms with Gasteiger partial charge in [0.2, 0.25) is 0 Å². The van der Waals surface area contributed by atoms with Crippen LogP contribution in [0.3, 0.4) is 0 Å². The smallest absolute Gasteiger partial charge is 0.125 e. The summed E-state index contributed by atoms with van der Waals surface area (Å²) in [7, 11) is 0. The van der Waals surface area contributed by atoms with Crippen molar-refractivity contribution in [2.75, 3.05) is 0 Å². The number of rotatable bonds is 2. The summed E-state index contributed by atoms with van der Waals surface area (Å²) in [6.07, 6.45) is 0. The van der Waals surface area contributed by atoms with Gasteiger partial charge >= 0.3 is 0 Å². The van der Waals surface area contributed by atoms with Gasteiger partial charge in [0.05, 0.1) is 14.9 Å². The Bertz CT molecular complexity index is 690. The van der Waals surface area contributed by atoms with Gasteiger partial charge in [-0.05, 0) is 18.2 Å². The second-order valence-corrected chi connectivity index (χ2v) is 7.05. The van der Waals surface area contributed by atoms with Gasteiger partial charge in [-0.1, -0.05) is 45.7 Å². The molecule has 2 heterocycles. The molecule has 0 radical (unpaired) electrons. The fourth-order valence-corrected chi connectivity index (χ4v) is 4.14. The van der Waals surface area contributed by atoms with Crippen molar-refractivity contribution in [3.63, 3.8) is 0 Å². The van der Waals surface area contributed by atoms with E-state index in [4.69, 9.17) is 11.6 Å². The van der Waals surface area contributed by atoms with Crippen molar-refractivity contribution in [2.45, 2.75) is 0 Å². The fourth-order valence-electron chi connectivity index (χ4n) is 1.60. The van der Waals surface area contributed by atoms with Gasteiger partial charge in [-0.3, -0.25) is 0 Å². The predicted octanol–water partition coefficient (Wildman–Crippen LogP) is 5.95. The zero-order chi connectivity index (χ0) is 12.5. The van der Waals surface area contributed by atoms with E-state index in [-0.39, 0.29) is 0 Å². The minimum absolute atomic E-state index is 0.792. The van der Waals surface area contributed by atoms with E-state index >= 15 is 0 Å². The molecular formula is C13H7BrClNS2. The third-order valence-corrected chi connectivity index (χ3v) is 5.25. The molecule has 18 heavy (non-hydrogen) atoms. The van der Waals surface area contributed by atoms with Crippen molar-refractivity contribution in [2.24, 2.45) is 0 Å². The largest absolute Gasteiger partial charge is 0.235 e. The highest BCUT2D eigenvalue weighted by Crippen LogP contribution is 2.36. The van der Waals surface area contributed by atoms with E-state index in [1.54, 1.807) is 22.7 Å². The summed E-state index contributed by atoms with van der Waals surface area (Å²) in [5.74, 6) is 0. The van der Waals surface area contributed by atoms with Crippen LogP contribution in [0.25, 0.3) is 21.1 Å². The van der Waals surface area contributed by atoms with E-state index < -0.39 is 0 Å². The molecule has 3 rings (SSSR count). The Morgan fingerprint density at radius 1 is 1.11 bits per heavy atom. The van der Waals surface area contributed by atoms with Crippen LogP contribution in [0.1, 0.15) is 0 Å². The third kappa shape index (κ3) is 2.38. The molecule has 0 saturated heterocycles. The lowest BCUT2D eigenvalue weighted by molar-refractivity contribution is 1.41. The lowest BCUT2D eigenvalue weighted by atomic mass is 10.2. The zero-order valence-corrected chi connectivity index (χ0v) is 13.0. The lowest BCUT2D eigenvalue weighted by Crippen LogP contribution is -1.78. The molecular weight excluding hydrogens is 350 g/mol. The maximum atomic E-state index is 5.95. The van der Waals surface area contributed by atoms with Crippen LogP contribution in [0.4, 0.5) is 0 Å². The van der Waals surface area contributed by atoms with E-state index in [0.29, 0.717) is 0 Å². The van der Waals surface area contributed by atoms with Gasteiger partial charge < -0.3 is 0 Å². The van der Waals surface area contributed by atoms with Crippen molar-refractivity contribution in [1.82, 2.24) is 4.98 Å². The Balaban J connectivity index is 2.02. The van der Waals surface area contributed by atoms with Gasteiger partial charge in [0.15, 0.2) is 0 Å². The highest BCUT2D eigenvalue weighted by Gasteiger charge is 2.10. The average Bonchev–Trinajstić information content (AvgIpc) is 2.98. The summed E-state index contributed by atoms with van der Waals surface area (Å²) in [5, 5.41) is 3.08. The van der Waals surface area contributed by atoms with E-state index in [1.165, 1.54) is 0 Å². The molecule has 2 aromatic heterocycles. The molecule has 0 bridgehead atoms. The molecule has 0 spiro atoms. The molecule has 1 nitrogen and oxygen atoms in total. The van der Waals surface area contributed by atoms with Gasteiger partial charge in [-0.2, -0.15) is 0 Å². The van der Waals surface area contributed by atoms with Crippen molar-refractivity contribution in [3.05, 3.63) is 50.6 Å². The monoisotopic (exact) mass is 355 g/mol. The van der Waals surface area contributed by atoms with Gasteiger partial charge in [-0.25, -0.2) is 4.98 Å². The Labute approximate surface area is 126 Å². The van der Waals surface area contributed by atoms with Crippen molar-refractivity contribution in [1.29, 1.82) is 0 Å². The predicted molar refractivity (Wildman–Crippen MR) is 83.6 cm³/mol. The molecule has 0 atom stereocenters. The number of halogens is 2. The number of nitrogens with zero attached hydrogens (tertiary/aromatic N) is 1. The van der Waals surface area contributed by atoms with Gasteiger partial charge in [0.1, 0.15) is 5.01 Å². The Hall–Kier alpha value is -0.680. The molecule has 3 aromatic rings. The first-order valence-electron chi connectivity index (χ1n) is 5.20. The molecule has 0 saturated carbocycles. The topological polar surface area (TPSA) is 12.9 Å². The molecule has 0 aliphatic heterocycles. The van der Waals surface area contributed by atoms with Crippen LogP contribution in [-0.4, -0.2) is 4.98 Å². The second-order valence-electron chi connectivity index (χ2n) is 3.62. The highest BCUT2D eigenvalue weighted by molar-refractivity contribution is 9.10. The molecule has 90 valence electrons. The summed E-state index contributed by atoms with van der Waals surface area (Å²) < 4.78 is 1.86. The Kier molecular flexibility index (Phi) is 3.52. The van der Waals surface area contributed by atoms with Gasteiger partial charge in [-0.15, -0.1) is 22.7 Å². The standard InChI is InChI=1S/C13H7BrClNS2/c14-9-4-2-1-3-8(9)13-16-10(7-17-13)11-5-6-12(15)18-11/h1-7H. The van der Waals surface area contributed by atoms with Crippen LogP contribution in [0.15, 0.2) is 46.3 Å². The zero-order valence-electron chi connectivity index (χ0n) is 9.06. The number of hydrogen-bond donors (Lipinski definition) is 0. The van der Waals surface area contributed by atoms with Crippen molar-refractivity contribution >= 4 is 50.2 Å². The average molecular weight is 357 g/mol. The summed E-state index contributed by atoms with van der Waals surface area (Å²) >= 11 is 12.7. The maximum absolute atomic E-state index is 5.95. The van der Waals surface area contributed by atoms with Crippen LogP contribution in [0.2, 0.25) is 4.34 Å². The van der Waals surface area contributed by atoms with E-state index in [9.17, 15) is 0 Å². The van der Waals surface area contributed by atoms with E-state index in [1.807, 2.05) is 30.3 Å². The molecule has 0 amide bonds. The first-order chi connectivity index (χ1) is 8.74. The molecule has 1 aromatic carbocycles. The Morgan fingerprint density at radius 3 is 2.67 bits per heavy atom. The summed E-state index contributed by atoms with van der Waals surface area (Å²) in [5.41, 5.74) is 2.11. The van der Waals surface area contributed by atoms with E-state index in [2.05, 4.69) is 32.4 Å². The molecule has 0 N–H and O–H groups in total. The molecule has 0 fully saturated rings. The second kappa shape index (κ2) is 5.13. The summed E-state index contributed by atoms with van der Waals surface area (Å²) in [6, 6.07) is 12.0. The first kappa shape index (κ1) is 12.4. The van der Waals surface area contributed by atoms with Crippen LogP contribution in [0.5, 0.6) is 0 Å². The number of benzene rings is 1. The van der Waals surface area contributed by atoms with Crippen LogP contribution < -0.4 is 0 Å². The number of thiazole rings is 1. The SMILES string of the molecule is Clc1ccc(-c2csc(-c3ccccc3Br)n2)s1. The number of thiophene rings is 1. The van der Waals surface area contributed by atoms with Crippen LogP contribution in [0, 0.1) is 0 Å². The Morgan fingerprint density at radius 2 is 1.94 bits per heavy atom. The van der Waals surface area contributed by atoms with Crippen LogP contribution in [-0.2, 0) is 0 Å². The quantitative estimate of drug-likeness (QED) is 0.552. The van der Waals surface area contributed by atoms with Crippen molar-refractivity contribution in [3.8, 4) is 21.1 Å². The van der Waals surface area contributed by atoms with Crippen LogP contribution >= 0.6 is 50.2 Å². The fraction of sp³-hybridized carbons (Fsp3) is 0. The maximum Gasteiger partial charge on any atom is 0.125 e. The summed E-state index contributed by atoms with van der Waals surface area (Å²) in [6.45, 7) is 0. The number of aromatic nitrogens is 1. The molecule has 0 aliphatic rings. The summed E-state index contributed by atoms with van der Waals surface area (Å²) in [4.78, 5) is 5.77. The minimum Gasteiger partial charge on any atom is -0.235 e. The van der Waals surface area contributed by atoms with E-state index in [0.717, 1.165) is 30.0 Å². The first-order valence-corrected chi connectivity index (χ1v) is 8.07. The number of hydrogen-bond acceptors (Lipinski definition) is 3. The molecule has 0 aliphatic carbocycles. The molecule has 5 heteroatoms.